The highest BCUT2D eigenvalue weighted by Crippen LogP contribution is 2.47. The van der Waals surface area contributed by atoms with Crippen molar-refractivity contribution in [1.82, 2.24) is 0 Å². The average Bonchev–Trinajstić information content (AvgIpc) is 3.47. The third-order valence-electron chi connectivity index (χ3n) is 5.36. The molecule has 2 aliphatic rings. The summed E-state index contributed by atoms with van der Waals surface area (Å²) in [7, 11) is 1.55. The molecule has 3 heterocycles. The summed E-state index contributed by atoms with van der Waals surface area (Å²) in [5.74, 6) is -0.329. The van der Waals surface area contributed by atoms with Gasteiger partial charge in [0.1, 0.15) is 23.5 Å². The Balaban J connectivity index is 1.53. The second kappa shape index (κ2) is 7.19. The molecule has 0 radical (unpaired) electrons. The normalized spacial score (nSPS) is 23.2. The van der Waals surface area contributed by atoms with Crippen LogP contribution < -0.4 is 14.7 Å². The number of imide groups is 1. The number of carbonyl (C=O) groups is 2. The van der Waals surface area contributed by atoms with E-state index in [4.69, 9.17) is 25.6 Å². The van der Waals surface area contributed by atoms with Crippen LogP contribution in [0.2, 0.25) is 5.02 Å². The van der Waals surface area contributed by atoms with Crippen molar-refractivity contribution in [2.45, 2.75) is 12.1 Å². The van der Waals surface area contributed by atoms with E-state index in [2.05, 4.69) is 0 Å². The van der Waals surface area contributed by atoms with Crippen molar-refractivity contribution in [3.63, 3.8) is 0 Å². The van der Waals surface area contributed by atoms with Crippen LogP contribution in [0.5, 0.6) is 5.75 Å². The van der Waals surface area contributed by atoms with Gasteiger partial charge in [-0.1, -0.05) is 11.6 Å². The highest BCUT2D eigenvalue weighted by molar-refractivity contribution is 6.30. The monoisotopic (exact) mass is 424 g/mol. The Morgan fingerprint density at radius 1 is 0.933 bits per heavy atom. The number of methoxy groups -OCH3 is 1. The summed E-state index contributed by atoms with van der Waals surface area (Å²) in [6, 6.07) is 16.7. The molecule has 2 aliphatic heterocycles. The highest BCUT2D eigenvalue weighted by Gasteiger charge is 2.61. The van der Waals surface area contributed by atoms with Crippen molar-refractivity contribution in [2.24, 2.45) is 5.92 Å². The molecular weight excluding hydrogens is 408 g/mol. The molecule has 3 atom stereocenters. The lowest BCUT2D eigenvalue weighted by Gasteiger charge is -2.27. The first kappa shape index (κ1) is 18.7. The summed E-state index contributed by atoms with van der Waals surface area (Å²) in [5, 5.41) is 2.14. The lowest BCUT2D eigenvalue weighted by Crippen LogP contribution is -2.37. The molecule has 3 aromatic rings. The minimum Gasteiger partial charge on any atom is -0.497 e. The average molecular weight is 425 g/mol. The van der Waals surface area contributed by atoms with Gasteiger partial charge in [0.25, 0.3) is 5.91 Å². The van der Waals surface area contributed by atoms with Crippen molar-refractivity contribution in [2.75, 3.05) is 17.1 Å². The van der Waals surface area contributed by atoms with Crippen molar-refractivity contribution < 1.29 is 23.6 Å². The van der Waals surface area contributed by atoms with Crippen LogP contribution in [0, 0.1) is 5.92 Å². The number of nitrogens with zero attached hydrogens (tertiary/aromatic N) is 2. The molecule has 0 N–H and O–H groups in total. The van der Waals surface area contributed by atoms with Gasteiger partial charge in [-0.25, -0.2) is 9.96 Å². The van der Waals surface area contributed by atoms with Crippen molar-refractivity contribution in [3.8, 4) is 5.75 Å². The number of anilines is 2. The van der Waals surface area contributed by atoms with Crippen LogP contribution in [0.15, 0.2) is 71.3 Å². The highest BCUT2D eigenvalue weighted by atomic mass is 35.5. The van der Waals surface area contributed by atoms with Gasteiger partial charge in [-0.05, 0) is 60.7 Å². The van der Waals surface area contributed by atoms with Gasteiger partial charge >= 0.3 is 0 Å². The molecule has 8 heteroatoms. The molecular formula is C22H17ClN2O5. The molecule has 5 rings (SSSR count). The molecule has 152 valence electrons. The maximum absolute atomic E-state index is 13.4. The summed E-state index contributed by atoms with van der Waals surface area (Å²) >= 11 is 6.00. The molecule has 0 bridgehead atoms. The molecule has 0 spiro atoms. The smallest absolute Gasteiger partial charge is 0.266 e. The summed E-state index contributed by atoms with van der Waals surface area (Å²) < 4.78 is 10.8. The molecule has 1 aromatic heterocycles. The Hall–Kier alpha value is -3.29. The maximum atomic E-state index is 13.4. The van der Waals surface area contributed by atoms with Gasteiger partial charge in [-0.15, -0.1) is 0 Å². The van der Waals surface area contributed by atoms with Gasteiger partial charge in [0, 0.05) is 5.02 Å². The first-order valence-corrected chi connectivity index (χ1v) is 9.73. The number of amides is 2. The number of ether oxygens (including phenoxy) is 1. The molecule has 0 saturated carbocycles. The minimum atomic E-state index is -0.953. The van der Waals surface area contributed by atoms with E-state index in [1.165, 1.54) is 11.2 Å². The Kier molecular flexibility index (Phi) is 4.49. The number of hydrogen-bond donors (Lipinski definition) is 0. The Morgan fingerprint density at radius 2 is 1.63 bits per heavy atom. The topological polar surface area (TPSA) is 72.2 Å². The van der Waals surface area contributed by atoms with Crippen LogP contribution in [0.1, 0.15) is 11.8 Å². The van der Waals surface area contributed by atoms with E-state index in [0.717, 1.165) is 0 Å². The van der Waals surface area contributed by atoms with E-state index in [1.807, 2.05) is 0 Å². The maximum Gasteiger partial charge on any atom is 0.266 e. The molecule has 2 aromatic carbocycles. The van der Waals surface area contributed by atoms with Crippen LogP contribution >= 0.6 is 11.6 Å². The Morgan fingerprint density at radius 3 is 2.27 bits per heavy atom. The fourth-order valence-electron chi connectivity index (χ4n) is 3.96. The Bertz CT molecular complexity index is 1080. The van der Waals surface area contributed by atoms with E-state index in [9.17, 15) is 9.59 Å². The van der Waals surface area contributed by atoms with E-state index >= 15 is 0 Å². The summed E-state index contributed by atoms with van der Waals surface area (Å²) in [5.41, 5.74) is 1.15. The Labute approximate surface area is 177 Å². The second-order valence-corrected chi connectivity index (χ2v) is 7.46. The van der Waals surface area contributed by atoms with Crippen molar-refractivity contribution in [3.05, 3.63) is 77.7 Å². The summed E-state index contributed by atoms with van der Waals surface area (Å²) in [6.45, 7) is 0. The molecule has 2 saturated heterocycles. The number of carbonyl (C=O) groups excluding carboxylic acids is 2. The van der Waals surface area contributed by atoms with Crippen LogP contribution in [0.4, 0.5) is 11.4 Å². The summed E-state index contributed by atoms with van der Waals surface area (Å²) in [6.07, 6.45) is 0.580. The SMILES string of the molecule is COc1ccc(N2C(=O)[C@H]3[C@H](ON(c4ccc(Cl)cc4)[C@H]3c3ccco3)C2=O)cc1. The number of halogens is 1. The van der Waals surface area contributed by atoms with Crippen LogP contribution in [0.25, 0.3) is 0 Å². The van der Waals surface area contributed by atoms with Gasteiger partial charge in [0.2, 0.25) is 5.91 Å². The van der Waals surface area contributed by atoms with Crippen LogP contribution in [-0.2, 0) is 14.4 Å². The predicted molar refractivity (Wildman–Crippen MR) is 109 cm³/mol. The standard InChI is InChI=1S/C22H17ClN2O5/c1-28-16-10-8-14(9-11-16)24-21(26)18-19(17-3-2-12-29-17)25(30-20(18)22(24)27)15-6-4-13(23)5-7-15/h2-12,18-20H,1H3/t18-,19+,20+/m1/s1. The number of hydroxylamine groups is 1. The first-order chi connectivity index (χ1) is 14.6. The fourth-order valence-corrected chi connectivity index (χ4v) is 4.09. The lowest BCUT2D eigenvalue weighted by molar-refractivity contribution is -0.126. The fraction of sp³-hybridized carbons (Fsp3) is 0.182. The summed E-state index contributed by atoms with van der Waals surface area (Å²) in [4.78, 5) is 33.8. The van der Waals surface area contributed by atoms with Gasteiger partial charge in [0.05, 0.1) is 24.7 Å². The zero-order valence-electron chi connectivity index (χ0n) is 15.9. The first-order valence-electron chi connectivity index (χ1n) is 9.35. The molecule has 30 heavy (non-hydrogen) atoms. The minimum absolute atomic E-state index is 0.340. The molecule has 7 nitrogen and oxygen atoms in total. The molecule has 2 amide bonds. The zero-order chi connectivity index (χ0) is 20.8. The zero-order valence-corrected chi connectivity index (χ0v) is 16.7. The van der Waals surface area contributed by atoms with E-state index in [-0.39, 0.29) is 5.91 Å². The number of hydrogen-bond acceptors (Lipinski definition) is 6. The number of rotatable bonds is 4. The van der Waals surface area contributed by atoms with Gasteiger partial charge in [0.15, 0.2) is 6.10 Å². The van der Waals surface area contributed by atoms with E-state index in [0.29, 0.717) is 27.9 Å². The largest absolute Gasteiger partial charge is 0.497 e. The molecule has 0 unspecified atom stereocenters. The van der Waals surface area contributed by atoms with Crippen LogP contribution in [-0.4, -0.2) is 25.0 Å². The number of benzene rings is 2. The van der Waals surface area contributed by atoms with Gasteiger partial charge < -0.3 is 9.15 Å². The molecule has 2 fully saturated rings. The van der Waals surface area contributed by atoms with Gasteiger partial charge in [-0.3, -0.25) is 14.4 Å². The van der Waals surface area contributed by atoms with E-state index in [1.54, 1.807) is 72.8 Å². The lowest BCUT2D eigenvalue weighted by atomic mass is 9.94. The predicted octanol–water partition coefficient (Wildman–Crippen LogP) is 3.99. The third-order valence-corrected chi connectivity index (χ3v) is 5.61. The number of fused-ring (bicyclic) bond motifs is 1. The van der Waals surface area contributed by atoms with Gasteiger partial charge in [-0.2, -0.15) is 0 Å². The third kappa shape index (κ3) is 2.86. The second-order valence-electron chi connectivity index (χ2n) is 7.02. The molecule has 0 aliphatic carbocycles. The number of furan rings is 1. The van der Waals surface area contributed by atoms with E-state index < -0.39 is 24.0 Å². The quantitative estimate of drug-likeness (QED) is 0.590. The van der Waals surface area contributed by atoms with Crippen molar-refractivity contribution in [1.29, 1.82) is 0 Å². The van der Waals surface area contributed by atoms with Crippen LogP contribution in [0.3, 0.4) is 0 Å². The van der Waals surface area contributed by atoms with Crippen molar-refractivity contribution >= 4 is 34.8 Å².